The van der Waals surface area contributed by atoms with Gasteiger partial charge < -0.3 is 10.5 Å². The first-order valence-electron chi connectivity index (χ1n) is 4.88. The van der Waals surface area contributed by atoms with E-state index in [1.165, 1.54) is 10.5 Å². The van der Waals surface area contributed by atoms with Crippen molar-refractivity contribution >= 4 is 10.0 Å². The van der Waals surface area contributed by atoms with E-state index in [1.54, 1.807) is 6.92 Å². The average molecular weight is 246 g/mol. The predicted octanol–water partition coefficient (Wildman–Crippen LogP) is -0.976. The minimum atomic E-state index is -3.56. The number of morpholine rings is 1. The van der Waals surface area contributed by atoms with Crippen molar-refractivity contribution in [1.29, 1.82) is 0 Å². The summed E-state index contributed by atoms with van der Waals surface area (Å²) in [5.41, 5.74) is 6.23. The summed E-state index contributed by atoms with van der Waals surface area (Å²) in [6, 6.07) is 0. The summed E-state index contributed by atoms with van der Waals surface area (Å²) in [5, 5.41) is 6.31. The van der Waals surface area contributed by atoms with Crippen LogP contribution in [0.5, 0.6) is 0 Å². The first-order valence-corrected chi connectivity index (χ1v) is 6.32. The van der Waals surface area contributed by atoms with Crippen LogP contribution in [0.25, 0.3) is 0 Å². The average Bonchev–Trinajstić information content (AvgIpc) is 2.65. The van der Waals surface area contributed by atoms with E-state index in [4.69, 9.17) is 10.5 Å². The normalized spacial score (nSPS) is 23.5. The number of nitrogens with zero attached hydrogens (tertiary/aromatic N) is 2. The Morgan fingerprint density at radius 1 is 1.69 bits per heavy atom. The number of hydrogen-bond acceptors (Lipinski definition) is 5. The molecule has 1 fully saturated rings. The van der Waals surface area contributed by atoms with Gasteiger partial charge in [-0.05, 0) is 6.92 Å². The molecule has 1 unspecified atom stereocenters. The molecule has 2 rings (SSSR count). The number of rotatable bonds is 2. The molecule has 0 radical (unpaired) electrons. The van der Waals surface area contributed by atoms with E-state index in [2.05, 4.69) is 10.2 Å². The molecule has 1 aliphatic heterocycles. The number of aryl methyl sites for hydroxylation is 1. The number of nitrogens with two attached hydrogens (primary N) is 1. The van der Waals surface area contributed by atoms with Crippen LogP contribution in [-0.4, -0.2) is 48.8 Å². The fourth-order valence-electron chi connectivity index (χ4n) is 1.63. The SMILES string of the molecule is Cc1[nH]ncc1S(=O)(=O)N1CCOCC1N. The van der Waals surface area contributed by atoms with Crippen molar-refractivity contribution in [1.82, 2.24) is 14.5 Å². The zero-order valence-corrected chi connectivity index (χ0v) is 9.70. The lowest BCUT2D eigenvalue weighted by Crippen LogP contribution is -2.53. The molecular weight excluding hydrogens is 232 g/mol. The van der Waals surface area contributed by atoms with Gasteiger partial charge in [0.05, 0.1) is 31.3 Å². The van der Waals surface area contributed by atoms with Gasteiger partial charge in [-0.25, -0.2) is 8.42 Å². The van der Waals surface area contributed by atoms with Gasteiger partial charge in [0.2, 0.25) is 10.0 Å². The van der Waals surface area contributed by atoms with E-state index in [0.717, 1.165) is 0 Å². The first kappa shape index (κ1) is 11.5. The Balaban J connectivity index is 2.35. The van der Waals surface area contributed by atoms with Crippen molar-refractivity contribution in [2.45, 2.75) is 18.0 Å². The van der Waals surface area contributed by atoms with Crippen LogP contribution in [0.15, 0.2) is 11.1 Å². The number of hydrogen-bond donors (Lipinski definition) is 2. The quantitative estimate of drug-likeness (QED) is 0.698. The molecule has 1 aromatic heterocycles. The van der Waals surface area contributed by atoms with E-state index < -0.39 is 16.2 Å². The molecule has 90 valence electrons. The van der Waals surface area contributed by atoms with Crippen LogP contribution in [0, 0.1) is 6.92 Å². The number of ether oxygens (including phenoxy) is 1. The lowest BCUT2D eigenvalue weighted by Gasteiger charge is -2.31. The molecule has 0 aromatic carbocycles. The summed E-state index contributed by atoms with van der Waals surface area (Å²) in [7, 11) is -3.56. The third kappa shape index (κ3) is 1.84. The summed E-state index contributed by atoms with van der Waals surface area (Å²) in [6.07, 6.45) is 0.667. The van der Waals surface area contributed by atoms with Crippen molar-refractivity contribution in [3.05, 3.63) is 11.9 Å². The number of aromatic amines is 1. The molecule has 1 atom stereocenters. The first-order chi connectivity index (χ1) is 7.53. The molecule has 0 amide bonds. The van der Waals surface area contributed by atoms with Crippen molar-refractivity contribution in [3.63, 3.8) is 0 Å². The Labute approximate surface area is 93.6 Å². The second kappa shape index (κ2) is 4.13. The van der Waals surface area contributed by atoms with E-state index in [0.29, 0.717) is 12.3 Å². The number of H-pyrrole nitrogens is 1. The van der Waals surface area contributed by atoms with Crippen LogP contribution < -0.4 is 5.73 Å². The molecule has 1 aliphatic rings. The summed E-state index contributed by atoms with van der Waals surface area (Å²) >= 11 is 0. The topological polar surface area (TPSA) is 101 Å². The van der Waals surface area contributed by atoms with Crippen LogP contribution in [0.2, 0.25) is 0 Å². The largest absolute Gasteiger partial charge is 0.377 e. The predicted molar refractivity (Wildman–Crippen MR) is 56.0 cm³/mol. The Morgan fingerprint density at radius 3 is 3.00 bits per heavy atom. The van der Waals surface area contributed by atoms with Gasteiger partial charge in [0.1, 0.15) is 4.90 Å². The molecule has 7 nitrogen and oxygen atoms in total. The van der Waals surface area contributed by atoms with Crippen LogP contribution in [0.1, 0.15) is 5.69 Å². The summed E-state index contributed by atoms with van der Waals surface area (Å²) in [5.74, 6) is 0. The molecular formula is C8H14N4O3S. The maximum atomic E-state index is 12.2. The van der Waals surface area contributed by atoms with E-state index in [9.17, 15) is 8.42 Å². The molecule has 1 saturated heterocycles. The summed E-state index contributed by atoms with van der Waals surface area (Å²) in [4.78, 5) is 0.171. The number of nitrogens with one attached hydrogen (secondary N) is 1. The minimum Gasteiger partial charge on any atom is -0.377 e. The Bertz CT molecular complexity index is 469. The van der Waals surface area contributed by atoms with Gasteiger partial charge in [-0.2, -0.15) is 9.40 Å². The van der Waals surface area contributed by atoms with Gasteiger partial charge in [0.25, 0.3) is 0 Å². The summed E-state index contributed by atoms with van der Waals surface area (Å²) in [6.45, 7) is 2.51. The van der Waals surface area contributed by atoms with Crippen LogP contribution >= 0.6 is 0 Å². The fourth-order valence-corrected chi connectivity index (χ4v) is 3.24. The molecule has 3 N–H and O–H groups in total. The van der Waals surface area contributed by atoms with Gasteiger partial charge in [-0.3, -0.25) is 5.10 Å². The third-order valence-electron chi connectivity index (χ3n) is 2.48. The number of sulfonamides is 1. The highest BCUT2D eigenvalue weighted by molar-refractivity contribution is 7.89. The molecule has 2 heterocycles. The monoisotopic (exact) mass is 246 g/mol. The molecule has 0 spiro atoms. The highest BCUT2D eigenvalue weighted by Crippen LogP contribution is 2.20. The van der Waals surface area contributed by atoms with Crippen molar-refractivity contribution in [2.75, 3.05) is 19.8 Å². The smallest absolute Gasteiger partial charge is 0.247 e. The van der Waals surface area contributed by atoms with E-state index >= 15 is 0 Å². The molecule has 0 saturated carbocycles. The van der Waals surface area contributed by atoms with Gasteiger partial charge in [-0.15, -0.1) is 0 Å². The van der Waals surface area contributed by atoms with Crippen LogP contribution in [-0.2, 0) is 14.8 Å². The maximum Gasteiger partial charge on any atom is 0.247 e. The van der Waals surface area contributed by atoms with E-state index in [-0.39, 0.29) is 18.0 Å². The molecule has 1 aromatic rings. The standard InChI is InChI=1S/C8H14N4O3S/c1-6-7(4-10-11-6)16(13,14)12-2-3-15-5-8(12)9/h4,8H,2-3,5,9H2,1H3,(H,10,11). The van der Waals surface area contributed by atoms with Gasteiger partial charge in [0.15, 0.2) is 0 Å². The van der Waals surface area contributed by atoms with Crippen molar-refractivity contribution in [2.24, 2.45) is 5.73 Å². The Kier molecular flexibility index (Phi) is 2.98. The highest BCUT2D eigenvalue weighted by Gasteiger charge is 2.33. The Hall–Kier alpha value is -0.960. The maximum absolute atomic E-state index is 12.2. The third-order valence-corrected chi connectivity index (χ3v) is 4.52. The van der Waals surface area contributed by atoms with Gasteiger partial charge in [0, 0.05) is 6.54 Å². The van der Waals surface area contributed by atoms with Crippen molar-refractivity contribution < 1.29 is 13.2 Å². The Morgan fingerprint density at radius 2 is 2.44 bits per heavy atom. The number of aromatic nitrogens is 2. The molecule has 16 heavy (non-hydrogen) atoms. The lowest BCUT2D eigenvalue weighted by molar-refractivity contribution is 0.0350. The van der Waals surface area contributed by atoms with Gasteiger partial charge in [-0.1, -0.05) is 0 Å². The van der Waals surface area contributed by atoms with Crippen molar-refractivity contribution in [3.8, 4) is 0 Å². The molecule has 8 heteroatoms. The molecule has 0 bridgehead atoms. The fraction of sp³-hybridized carbons (Fsp3) is 0.625. The summed E-state index contributed by atoms with van der Waals surface area (Å²) < 4.78 is 30.8. The highest BCUT2D eigenvalue weighted by atomic mass is 32.2. The second-order valence-corrected chi connectivity index (χ2v) is 5.48. The molecule has 0 aliphatic carbocycles. The van der Waals surface area contributed by atoms with Crippen LogP contribution in [0.4, 0.5) is 0 Å². The lowest BCUT2D eigenvalue weighted by atomic mass is 10.4. The van der Waals surface area contributed by atoms with Gasteiger partial charge >= 0.3 is 0 Å². The van der Waals surface area contributed by atoms with E-state index in [1.807, 2.05) is 0 Å². The zero-order chi connectivity index (χ0) is 11.8. The van der Waals surface area contributed by atoms with Crippen LogP contribution in [0.3, 0.4) is 0 Å². The second-order valence-electron chi connectivity index (χ2n) is 3.62. The zero-order valence-electron chi connectivity index (χ0n) is 8.88. The minimum absolute atomic E-state index is 0.171.